The molecule has 4 aliphatic rings. The van der Waals surface area contributed by atoms with Crippen molar-refractivity contribution in [3.05, 3.63) is 11.6 Å². The summed E-state index contributed by atoms with van der Waals surface area (Å²) >= 11 is 0. The van der Waals surface area contributed by atoms with Gasteiger partial charge < -0.3 is 5.11 Å². The molecule has 0 spiro atoms. The molecule has 3 saturated carbocycles. The van der Waals surface area contributed by atoms with E-state index in [4.69, 9.17) is 0 Å². The smallest absolute Gasteiger partial charge is 0.210 e. The molecule has 0 saturated heterocycles. The number of rotatable bonds is 5. The second-order valence-electron chi connectivity index (χ2n) is 12.4. The zero-order valence-electron chi connectivity index (χ0n) is 19.6. The van der Waals surface area contributed by atoms with Crippen molar-refractivity contribution in [3.63, 3.8) is 0 Å². The fourth-order valence-electron chi connectivity index (χ4n) is 8.63. The summed E-state index contributed by atoms with van der Waals surface area (Å²) in [5.41, 5.74) is 1.87. The molecule has 2 heteroatoms. The van der Waals surface area contributed by atoms with Crippen LogP contribution in [-0.4, -0.2) is 11.0 Å². The minimum atomic E-state index is -1.97. The Morgan fingerprint density at radius 2 is 1.79 bits per heavy atom. The molecule has 0 aliphatic heterocycles. The summed E-state index contributed by atoms with van der Waals surface area (Å²) in [6.07, 6.45) is 14.5. The molecule has 0 amide bonds. The Balaban J connectivity index is 1.50. The van der Waals surface area contributed by atoms with Crippen LogP contribution in [-0.2, 0) is 0 Å². The third-order valence-corrected chi connectivity index (χ3v) is 10.3. The van der Waals surface area contributed by atoms with Gasteiger partial charge in [-0.3, -0.25) is 0 Å². The van der Waals surface area contributed by atoms with Crippen LogP contribution in [0.15, 0.2) is 11.6 Å². The summed E-state index contributed by atoms with van der Waals surface area (Å²) in [4.78, 5) is 0. The normalized spacial score (nSPS) is 47.9. The molecule has 3 fully saturated rings. The van der Waals surface area contributed by atoms with Crippen LogP contribution in [0.5, 0.6) is 0 Å². The maximum absolute atomic E-state index is 14.3. The Morgan fingerprint density at radius 1 is 1.03 bits per heavy atom. The lowest BCUT2D eigenvalue weighted by Crippen LogP contribution is -2.51. The van der Waals surface area contributed by atoms with E-state index in [2.05, 4.69) is 40.7 Å². The molecule has 0 aromatic heterocycles. The van der Waals surface area contributed by atoms with Crippen LogP contribution in [0.1, 0.15) is 105 Å². The third kappa shape index (κ3) is 3.74. The van der Waals surface area contributed by atoms with E-state index in [9.17, 15) is 9.50 Å². The van der Waals surface area contributed by atoms with Gasteiger partial charge in [-0.2, -0.15) is 0 Å². The molecule has 0 radical (unpaired) electrons. The van der Waals surface area contributed by atoms with Crippen molar-refractivity contribution in [1.82, 2.24) is 0 Å². The Morgan fingerprint density at radius 3 is 2.52 bits per heavy atom. The second kappa shape index (κ2) is 7.64. The van der Waals surface area contributed by atoms with Crippen molar-refractivity contribution in [3.8, 4) is 0 Å². The van der Waals surface area contributed by atoms with Gasteiger partial charge in [0.05, 0.1) is 0 Å². The lowest BCUT2D eigenvalue weighted by Gasteiger charge is -2.58. The van der Waals surface area contributed by atoms with E-state index in [1.165, 1.54) is 50.5 Å². The van der Waals surface area contributed by atoms with Crippen molar-refractivity contribution in [2.45, 2.75) is 111 Å². The first-order chi connectivity index (χ1) is 13.6. The van der Waals surface area contributed by atoms with Gasteiger partial charge in [-0.1, -0.05) is 65.5 Å². The van der Waals surface area contributed by atoms with Gasteiger partial charge in [-0.25, -0.2) is 4.39 Å². The average Bonchev–Trinajstić information content (AvgIpc) is 2.99. The van der Waals surface area contributed by atoms with Gasteiger partial charge in [0.15, 0.2) is 0 Å². The van der Waals surface area contributed by atoms with Gasteiger partial charge in [-0.05, 0) is 84.9 Å². The molecule has 1 nitrogen and oxygen atoms in total. The predicted molar refractivity (Wildman–Crippen MR) is 119 cm³/mol. The van der Waals surface area contributed by atoms with Crippen molar-refractivity contribution in [1.29, 1.82) is 0 Å². The molecule has 4 aliphatic carbocycles. The molecule has 0 heterocycles. The van der Waals surface area contributed by atoms with Gasteiger partial charge in [0.2, 0.25) is 5.85 Å². The quantitative estimate of drug-likeness (QED) is 0.466. The van der Waals surface area contributed by atoms with Crippen LogP contribution in [0.3, 0.4) is 0 Å². The Kier molecular flexibility index (Phi) is 5.76. The molecule has 8 atom stereocenters. The van der Waals surface area contributed by atoms with Crippen LogP contribution < -0.4 is 0 Å². The van der Waals surface area contributed by atoms with Gasteiger partial charge in [0.1, 0.15) is 0 Å². The molecule has 0 aromatic rings. The highest BCUT2D eigenvalue weighted by atomic mass is 19.2. The van der Waals surface area contributed by atoms with Crippen LogP contribution in [0, 0.1) is 46.3 Å². The van der Waals surface area contributed by atoms with E-state index in [1.807, 2.05) is 0 Å². The van der Waals surface area contributed by atoms with E-state index >= 15 is 0 Å². The summed E-state index contributed by atoms with van der Waals surface area (Å²) in [5.74, 6) is 2.92. The highest BCUT2D eigenvalue weighted by Gasteiger charge is 2.60. The summed E-state index contributed by atoms with van der Waals surface area (Å²) in [6.45, 7) is 12.3. The number of alkyl halides is 1. The van der Waals surface area contributed by atoms with Gasteiger partial charge >= 0.3 is 0 Å². The monoisotopic (exact) mass is 404 g/mol. The summed E-state index contributed by atoms with van der Waals surface area (Å²) < 4.78 is 14.3. The molecular formula is C27H45FO. The Hall–Kier alpha value is -0.370. The molecule has 1 unspecified atom stereocenters. The van der Waals surface area contributed by atoms with E-state index < -0.39 is 5.85 Å². The minimum absolute atomic E-state index is 0.129. The topological polar surface area (TPSA) is 20.2 Å². The zero-order chi connectivity index (χ0) is 21.0. The first-order valence-electron chi connectivity index (χ1n) is 12.7. The van der Waals surface area contributed by atoms with Gasteiger partial charge in [0.25, 0.3) is 0 Å². The van der Waals surface area contributed by atoms with E-state index in [1.54, 1.807) is 0 Å². The van der Waals surface area contributed by atoms with Gasteiger partial charge in [0, 0.05) is 12.8 Å². The number of halogens is 1. The largest absolute Gasteiger partial charge is 0.361 e. The number of hydrogen-bond acceptors (Lipinski definition) is 1. The highest BCUT2D eigenvalue weighted by molar-refractivity contribution is 5.26. The van der Waals surface area contributed by atoms with E-state index in [0.717, 1.165) is 42.4 Å². The van der Waals surface area contributed by atoms with Crippen LogP contribution in [0.2, 0.25) is 0 Å². The molecule has 29 heavy (non-hydrogen) atoms. The maximum Gasteiger partial charge on any atom is 0.210 e. The summed E-state index contributed by atoms with van der Waals surface area (Å²) in [5, 5.41) is 10.0. The minimum Gasteiger partial charge on any atom is -0.361 e. The third-order valence-electron chi connectivity index (χ3n) is 10.3. The van der Waals surface area contributed by atoms with Crippen LogP contribution in [0.4, 0.5) is 4.39 Å². The summed E-state index contributed by atoms with van der Waals surface area (Å²) in [6, 6.07) is 0. The van der Waals surface area contributed by atoms with Crippen LogP contribution in [0.25, 0.3) is 0 Å². The Labute approximate surface area is 178 Å². The molecule has 1 N–H and O–H groups in total. The van der Waals surface area contributed by atoms with Crippen LogP contribution >= 0.6 is 0 Å². The first-order valence-corrected chi connectivity index (χ1v) is 12.7. The molecule has 0 aromatic carbocycles. The number of allylic oxidation sites excluding steroid dienone is 1. The van der Waals surface area contributed by atoms with Crippen molar-refractivity contribution >= 4 is 0 Å². The van der Waals surface area contributed by atoms with E-state index in [-0.39, 0.29) is 11.8 Å². The fourth-order valence-corrected chi connectivity index (χ4v) is 8.63. The summed E-state index contributed by atoms with van der Waals surface area (Å²) in [7, 11) is 0. The maximum atomic E-state index is 14.3. The lowest BCUT2D eigenvalue weighted by atomic mass is 9.47. The van der Waals surface area contributed by atoms with Crippen molar-refractivity contribution < 1.29 is 9.50 Å². The van der Waals surface area contributed by atoms with Crippen molar-refractivity contribution in [2.24, 2.45) is 46.3 Å². The molecule has 166 valence electrons. The zero-order valence-corrected chi connectivity index (χ0v) is 19.6. The molecular weight excluding hydrogens is 359 g/mol. The molecule has 0 bridgehead atoms. The number of hydrogen-bond donors (Lipinski definition) is 1. The standard InChI is InChI=1S/C27H45FO/c1-18(2)7-6-8-19(3)22-11-12-23-21-10-9-20-17-27(28,29)16-15-25(20,4)24(21)13-14-26(22,23)5/h9,18-19,21-24,29H,6-8,10-17H2,1-5H3/t19-,21+,22-,23+,24+,25+,26-,27?/m1/s1. The Bertz CT molecular complexity index is 636. The molecule has 4 rings (SSSR count). The highest BCUT2D eigenvalue weighted by Crippen LogP contribution is 2.67. The fraction of sp³-hybridized carbons (Fsp3) is 0.926. The SMILES string of the molecule is CC(C)CCC[C@@H](C)[C@H]1CC[C@H]2[C@@H]3CC=C4CC(O)(F)CC[C@]4(C)[C@H]3CC[C@]12C. The van der Waals surface area contributed by atoms with Gasteiger partial charge in [-0.15, -0.1) is 0 Å². The number of aliphatic hydroxyl groups is 1. The van der Waals surface area contributed by atoms with Crippen molar-refractivity contribution in [2.75, 3.05) is 0 Å². The second-order valence-corrected chi connectivity index (χ2v) is 12.4. The number of fused-ring (bicyclic) bond motifs is 5. The first kappa shape index (κ1) is 21.8. The average molecular weight is 405 g/mol. The van der Waals surface area contributed by atoms with E-state index in [0.29, 0.717) is 17.8 Å². The predicted octanol–water partition coefficient (Wildman–Crippen LogP) is 7.69. The lowest BCUT2D eigenvalue weighted by molar-refractivity contribution is -0.133.